The van der Waals surface area contributed by atoms with Crippen molar-refractivity contribution in [3.05, 3.63) is 35.9 Å². The summed E-state index contributed by atoms with van der Waals surface area (Å²) < 4.78 is 1.35. The molecule has 0 atom stereocenters. The van der Waals surface area contributed by atoms with Gasteiger partial charge in [-0.2, -0.15) is 0 Å². The van der Waals surface area contributed by atoms with Crippen LogP contribution in [0.25, 0.3) is 0 Å². The van der Waals surface area contributed by atoms with Gasteiger partial charge in [0.05, 0.1) is 26.2 Å². The van der Waals surface area contributed by atoms with E-state index >= 15 is 0 Å². The lowest BCUT2D eigenvalue weighted by atomic mass is 10.1. The Labute approximate surface area is 121 Å². The molecule has 0 aromatic heterocycles. The van der Waals surface area contributed by atoms with Gasteiger partial charge in [-0.15, -0.1) is 0 Å². The highest BCUT2D eigenvalue weighted by Gasteiger charge is 2.35. The van der Waals surface area contributed by atoms with Gasteiger partial charge in [-0.3, -0.25) is 9.69 Å². The third-order valence-electron chi connectivity index (χ3n) is 5.05. The number of carbonyl (C=O) groups is 1. The maximum atomic E-state index is 12.1. The number of Topliss-reactive ketones (excluding diaryl/α,β-unsaturated/α-hetero) is 1. The molecule has 2 fully saturated rings. The lowest BCUT2D eigenvalue weighted by Crippen LogP contribution is -2.58. The summed E-state index contributed by atoms with van der Waals surface area (Å²) in [7, 11) is 0. The average Bonchev–Trinajstić information content (AvgIpc) is 2.96. The van der Waals surface area contributed by atoms with E-state index in [1.54, 1.807) is 0 Å². The topological polar surface area (TPSA) is 20.3 Å². The molecule has 2 saturated heterocycles. The second-order valence-corrected chi connectivity index (χ2v) is 6.32. The Bertz CT molecular complexity index is 441. The van der Waals surface area contributed by atoms with Crippen molar-refractivity contribution in [2.45, 2.75) is 19.3 Å². The van der Waals surface area contributed by atoms with Crippen LogP contribution in [0.1, 0.15) is 29.6 Å². The minimum absolute atomic E-state index is 0.279. The molecule has 0 saturated carbocycles. The van der Waals surface area contributed by atoms with E-state index in [4.69, 9.17) is 0 Å². The number of hydrogen-bond donors (Lipinski definition) is 0. The monoisotopic (exact) mass is 273 g/mol. The second kappa shape index (κ2) is 6.06. The Hall–Kier alpha value is -1.19. The van der Waals surface area contributed by atoms with Gasteiger partial charge < -0.3 is 4.48 Å². The van der Waals surface area contributed by atoms with Crippen LogP contribution in [0, 0.1) is 0 Å². The highest BCUT2D eigenvalue weighted by molar-refractivity contribution is 5.96. The van der Waals surface area contributed by atoms with Gasteiger partial charge in [-0.25, -0.2) is 0 Å². The van der Waals surface area contributed by atoms with E-state index in [0.29, 0.717) is 6.42 Å². The van der Waals surface area contributed by atoms with E-state index in [-0.39, 0.29) is 5.78 Å². The standard InChI is InChI=1S/C17H25N2O/c20-17(16-6-2-1-3-7-16)8-9-18-10-14-19(15-11-18)12-4-5-13-19/h1-3,6-7H,4-5,8-15H2/q+1. The van der Waals surface area contributed by atoms with Crippen molar-refractivity contribution in [3.8, 4) is 0 Å². The van der Waals surface area contributed by atoms with Gasteiger partial charge in [-0.05, 0) is 0 Å². The maximum Gasteiger partial charge on any atom is 0.164 e. The Morgan fingerprint density at radius 1 is 1.00 bits per heavy atom. The number of piperazine rings is 1. The first-order valence-electron chi connectivity index (χ1n) is 7.93. The molecule has 0 bridgehead atoms. The Balaban J connectivity index is 1.45. The van der Waals surface area contributed by atoms with Crippen molar-refractivity contribution >= 4 is 5.78 Å². The van der Waals surface area contributed by atoms with Crippen LogP contribution < -0.4 is 0 Å². The molecule has 2 aliphatic rings. The zero-order chi connectivity index (χ0) is 13.8. The first kappa shape index (κ1) is 13.8. The van der Waals surface area contributed by atoms with Crippen LogP contribution in [0.3, 0.4) is 0 Å². The zero-order valence-corrected chi connectivity index (χ0v) is 12.3. The average molecular weight is 273 g/mol. The number of ketones is 1. The number of quaternary nitrogens is 1. The van der Waals surface area contributed by atoms with E-state index in [1.807, 2.05) is 30.3 Å². The molecule has 1 aromatic rings. The SMILES string of the molecule is O=C(CCN1CC[N+]2(CCCC2)CC1)c1ccccc1. The summed E-state index contributed by atoms with van der Waals surface area (Å²) in [6.45, 7) is 8.62. The lowest BCUT2D eigenvalue weighted by molar-refractivity contribution is -0.920. The lowest BCUT2D eigenvalue weighted by Gasteiger charge is -2.42. The molecule has 108 valence electrons. The maximum absolute atomic E-state index is 12.1. The van der Waals surface area contributed by atoms with Crippen molar-refractivity contribution < 1.29 is 9.28 Å². The number of nitrogens with zero attached hydrogens (tertiary/aromatic N) is 2. The zero-order valence-electron chi connectivity index (χ0n) is 12.3. The van der Waals surface area contributed by atoms with Gasteiger partial charge in [0, 0.05) is 44.5 Å². The van der Waals surface area contributed by atoms with E-state index in [0.717, 1.165) is 12.1 Å². The largest absolute Gasteiger partial charge is 0.321 e. The highest BCUT2D eigenvalue weighted by Crippen LogP contribution is 2.22. The third kappa shape index (κ3) is 3.10. The molecular weight excluding hydrogens is 248 g/mol. The van der Waals surface area contributed by atoms with Gasteiger partial charge in [0.1, 0.15) is 0 Å². The number of carbonyl (C=O) groups excluding carboxylic acids is 1. The summed E-state index contributed by atoms with van der Waals surface area (Å²) >= 11 is 0. The molecule has 0 amide bonds. The fraction of sp³-hybridized carbons (Fsp3) is 0.588. The van der Waals surface area contributed by atoms with Crippen LogP contribution in [0.5, 0.6) is 0 Å². The van der Waals surface area contributed by atoms with Gasteiger partial charge in [0.25, 0.3) is 0 Å². The first-order chi connectivity index (χ1) is 9.77. The Morgan fingerprint density at radius 2 is 1.65 bits per heavy atom. The molecule has 3 heteroatoms. The summed E-state index contributed by atoms with van der Waals surface area (Å²) in [5.74, 6) is 0.279. The Kier molecular flexibility index (Phi) is 4.18. The highest BCUT2D eigenvalue weighted by atomic mass is 16.1. The molecule has 20 heavy (non-hydrogen) atoms. The van der Waals surface area contributed by atoms with Crippen LogP contribution in [0.4, 0.5) is 0 Å². The number of rotatable bonds is 4. The van der Waals surface area contributed by atoms with Crippen LogP contribution in [-0.4, -0.2) is 61.0 Å². The van der Waals surface area contributed by atoms with Gasteiger partial charge in [-0.1, -0.05) is 30.3 Å². The molecule has 2 heterocycles. The summed E-state index contributed by atoms with van der Waals surface area (Å²) in [6.07, 6.45) is 3.48. The first-order valence-corrected chi connectivity index (χ1v) is 7.93. The normalized spacial score (nSPS) is 22.2. The molecule has 2 aliphatic heterocycles. The summed E-state index contributed by atoms with van der Waals surface area (Å²) in [6, 6.07) is 9.68. The number of hydrogen-bond acceptors (Lipinski definition) is 2. The molecule has 0 radical (unpaired) electrons. The molecule has 3 nitrogen and oxygen atoms in total. The van der Waals surface area contributed by atoms with Crippen molar-refractivity contribution in [3.63, 3.8) is 0 Å². The van der Waals surface area contributed by atoms with Gasteiger partial charge >= 0.3 is 0 Å². The molecule has 0 N–H and O–H groups in total. The van der Waals surface area contributed by atoms with Gasteiger partial charge in [0.2, 0.25) is 0 Å². The van der Waals surface area contributed by atoms with E-state index in [2.05, 4.69) is 4.90 Å². The molecule has 3 rings (SSSR count). The summed E-state index contributed by atoms with van der Waals surface area (Å²) in [4.78, 5) is 14.6. The van der Waals surface area contributed by atoms with E-state index in [1.165, 1.54) is 56.6 Å². The van der Waals surface area contributed by atoms with Crippen LogP contribution >= 0.6 is 0 Å². The van der Waals surface area contributed by atoms with E-state index < -0.39 is 0 Å². The molecule has 0 unspecified atom stereocenters. The fourth-order valence-electron chi connectivity index (χ4n) is 3.64. The minimum atomic E-state index is 0.279. The van der Waals surface area contributed by atoms with E-state index in [9.17, 15) is 4.79 Å². The molecular formula is C17H25N2O+. The molecule has 1 aromatic carbocycles. The van der Waals surface area contributed by atoms with Crippen LogP contribution in [0.2, 0.25) is 0 Å². The minimum Gasteiger partial charge on any atom is -0.321 e. The third-order valence-corrected chi connectivity index (χ3v) is 5.05. The van der Waals surface area contributed by atoms with Crippen LogP contribution in [0.15, 0.2) is 30.3 Å². The number of benzene rings is 1. The van der Waals surface area contributed by atoms with Crippen LogP contribution in [-0.2, 0) is 0 Å². The predicted octanol–water partition coefficient (Wildman–Crippen LogP) is 2.19. The predicted molar refractivity (Wildman–Crippen MR) is 80.8 cm³/mol. The van der Waals surface area contributed by atoms with Gasteiger partial charge in [0.15, 0.2) is 5.78 Å². The summed E-state index contributed by atoms with van der Waals surface area (Å²) in [5.41, 5.74) is 0.854. The second-order valence-electron chi connectivity index (χ2n) is 6.32. The van der Waals surface area contributed by atoms with Crippen molar-refractivity contribution in [2.75, 3.05) is 45.8 Å². The fourth-order valence-corrected chi connectivity index (χ4v) is 3.64. The van der Waals surface area contributed by atoms with Crippen molar-refractivity contribution in [1.82, 2.24) is 4.90 Å². The van der Waals surface area contributed by atoms with Crippen molar-refractivity contribution in [1.29, 1.82) is 0 Å². The molecule has 1 spiro atoms. The Morgan fingerprint density at radius 3 is 2.30 bits per heavy atom. The smallest absolute Gasteiger partial charge is 0.164 e. The molecule has 0 aliphatic carbocycles. The van der Waals surface area contributed by atoms with Crippen molar-refractivity contribution in [2.24, 2.45) is 0 Å². The quantitative estimate of drug-likeness (QED) is 0.619. The summed E-state index contributed by atoms with van der Waals surface area (Å²) in [5, 5.41) is 0.